The van der Waals surface area contributed by atoms with Crippen molar-refractivity contribution in [3.05, 3.63) is 87.1 Å². The first-order valence-electron chi connectivity index (χ1n) is 11.2. The van der Waals surface area contributed by atoms with E-state index >= 15 is 0 Å². The van der Waals surface area contributed by atoms with Crippen LogP contribution in [0.3, 0.4) is 0 Å². The van der Waals surface area contributed by atoms with E-state index in [4.69, 9.17) is 5.53 Å². The van der Waals surface area contributed by atoms with Crippen LogP contribution in [0.5, 0.6) is 0 Å². The van der Waals surface area contributed by atoms with Crippen molar-refractivity contribution in [2.45, 2.75) is 57.7 Å². The quantitative estimate of drug-likeness (QED) is 0.326. The summed E-state index contributed by atoms with van der Waals surface area (Å²) in [7, 11) is 0. The zero-order valence-electron chi connectivity index (χ0n) is 18.2. The molecule has 2 aliphatic carbocycles. The summed E-state index contributed by atoms with van der Waals surface area (Å²) in [6, 6.07) is 14.5. The van der Waals surface area contributed by atoms with Gasteiger partial charge in [0.25, 0.3) is 5.91 Å². The van der Waals surface area contributed by atoms with E-state index in [2.05, 4.69) is 38.1 Å². The molecule has 3 aromatic rings. The minimum Gasteiger partial charge on any atom is -0.332 e. The average Bonchev–Trinajstić information content (AvgIpc) is 3.53. The molecular formula is C25H26N6O. The lowest BCUT2D eigenvalue weighted by molar-refractivity contribution is 0.0643. The van der Waals surface area contributed by atoms with Gasteiger partial charge in [-0.15, -0.1) is 0 Å². The van der Waals surface area contributed by atoms with Crippen LogP contribution in [0.4, 0.5) is 0 Å². The van der Waals surface area contributed by atoms with Gasteiger partial charge in [0.15, 0.2) is 0 Å². The molecule has 1 atom stereocenters. The molecule has 7 heteroatoms. The van der Waals surface area contributed by atoms with Gasteiger partial charge < -0.3 is 4.90 Å². The van der Waals surface area contributed by atoms with Crippen molar-refractivity contribution in [1.82, 2.24) is 15.1 Å². The number of H-pyrrole nitrogens is 1. The maximum Gasteiger partial charge on any atom is 0.254 e. The second-order valence-corrected chi connectivity index (χ2v) is 8.79. The third-order valence-corrected chi connectivity index (χ3v) is 6.64. The minimum absolute atomic E-state index is 0.120. The number of amides is 1. The van der Waals surface area contributed by atoms with Crippen LogP contribution in [-0.4, -0.2) is 33.1 Å². The number of aromatic nitrogens is 2. The van der Waals surface area contributed by atoms with E-state index in [1.165, 1.54) is 11.3 Å². The Kier molecular flexibility index (Phi) is 5.41. The van der Waals surface area contributed by atoms with Crippen LogP contribution in [0.2, 0.25) is 0 Å². The maximum absolute atomic E-state index is 13.5. The molecule has 0 saturated heterocycles. The Morgan fingerprint density at radius 1 is 1.19 bits per heavy atom. The van der Waals surface area contributed by atoms with E-state index in [1.54, 1.807) is 0 Å². The topological polar surface area (TPSA) is 97.8 Å². The Morgan fingerprint density at radius 3 is 2.75 bits per heavy atom. The molecule has 1 amide bonds. The highest BCUT2D eigenvalue weighted by atomic mass is 16.2. The molecule has 7 nitrogen and oxygen atoms in total. The zero-order chi connectivity index (χ0) is 22.1. The summed E-state index contributed by atoms with van der Waals surface area (Å²) in [4.78, 5) is 18.6. The highest BCUT2D eigenvalue weighted by Gasteiger charge is 2.39. The number of carbonyl (C=O) groups is 1. The van der Waals surface area contributed by atoms with Gasteiger partial charge in [-0.05, 0) is 84.5 Å². The number of hydrogen-bond acceptors (Lipinski definition) is 3. The lowest BCUT2D eigenvalue weighted by Crippen LogP contribution is -2.44. The average molecular weight is 427 g/mol. The van der Waals surface area contributed by atoms with Gasteiger partial charge in [0.1, 0.15) is 0 Å². The predicted molar refractivity (Wildman–Crippen MR) is 123 cm³/mol. The number of nitrogens with one attached hydrogen (secondary N) is 1. The first-order chi connectivity index (χ1) is 15.7. The second kappa shape index (κ2) is 8.52. The largest absolute Gasteiger partial charge is 0.332 e. The van der Waals surface area contributed by atoms with Gasteiger partial charge in [-0.25, -0.2) is 0 Å². The Bertz CT molecular complexity index is 1190. The third kappa shape index (κ3) is 3.87. The number of rotatable bonds is 6. The molecule has 162 valence electrons. The number of hydrogen-bond donors (Lipinski definition) is 1. The van der Waals surface area contributed by atoms with Crippen LogP contribution in [0.15, 0.2) is 53.8 Å². The Labute approximate surface area is 187 Å². The number of nitrogens with zero attached hydrogens (tertiary/aromatic N) is 5. The van der Waals surface area contributed by atoms with Gasteiger partial charge in [0.2, 0.25) is 0 Å². The molecule has 1 N–H and O–H groups in total. The van der Waals surface area contributed by atoms with Crippen LogP contribution in [0.1, 0.15) is 52.0 Å². The molecule has 0 spiro atoms. The van der Waals surface area contributed by atoms with Crippen molar-refractivity contribution in [2.75, 3.05) is 0 Å². The van der Waals surface area contributed by atoms with Crippen LogP contribution in [-0.2, 0) is 19.4 Å². The maximum atomic E-state index is 13.5. The molecule has 0 radical (unpaired) electrons. The van der Waals surface area contributed by atoms with Crippen molar-refractivity contribution in [3.8, 4) is 11.1 Å². The third-order valence-electron chi connectivity index (χ3n) is 6.64. The van der Waals surface area contributed by atoms with Crippen molar-refractivity contribution in [2.24, 2.45) is 5.11 Å². The molecule has 0 bridgehead atoms. The number of fused-ring (bicyclic) bond motifs is 1. The van der Waals surface area contributed by atoms with Crippen molar-refractivity contribution >= 4 is 5.91 Å². The Morgan fingerprint density at radius 2 is 2.00 bits per heavy atom. The molecule has 1 aromatic heterocycles. The fraction of sp³-hybridized carbons (Fsp3) is 0.360. The van der Waals surface area contributed by atoms with E-state index in [9.17, 15) is 4.79 Å². The fourth-order valence-corrected chi connectivity index (χ4v) is 4.93. The monoisotopic (exact) mass is 426 g/mol. The number of aryl methyl sites for hydroxylation is 2. The summed E-state index contributed by atoms with van der Waals surface area (Å²) >= 11 is 0. The number of aromatic amines is 1. The van der Waals surface area contributed by atoms with E-state index < -0.39 is 0 Å². The number of benzene rings is 2. The van der Waals surface area contributed by atoms with Crippen molar-refractivity contribution < 1.29 is 4.79 Å². The standard InChI is InChI=1S/C25H26N6O/c1-16-3-2-4-19(14-28-30-26)24(16)17-5-7-18(8-6-17)25(32)31(21-9-10-21)22-11-12-23-20(13-22)15-27-29-23/h2-8,15,21-22H,9-14H2,1H3,(H,27,29). The second-order valence-electron chi connectivity index (χ2n) is 8.79. The molecular weight excluding hydrogens is 400 g/mol. The fourth-order valence-electron chi connectivity index (χ4n) is 4.93. The molecule has 2 aromatic carbocycles. The van der Waals surface area contributed by atoms with Crippen LogP contribution < -0.4 is 0 Å². The summed E-state index contributed by atoms with van der Waals surface area (Å²) in [6.45, 7) is 2.36. The molecule has 0 aliphatic heterocycles. The Hall–Kier alpha value is -3.57. The highest BCUT2D eigenvalue weighted by molar-refractivity contribution is 5.95. The predicted octanol–water partition coefficient (Wildman–Crippen LogP) is 5.36. The smallest absolute Gasteiger partial charge is 0.254 e. The van der Waals surface area contributed by atoms with Crippen LogP contribution in [0, 0.1) is 6.92 Å². The Balaban J connectivity index is 1.40. The molecule has 1 heterocycles. The molecule has 2 aliphatic rings. The summed E-state index contributed by atoms with van der Waals surface area (Å²) < 4.78 is 0. The van der Waals surface area contributed by atoms with Crippen LogP contribution in [0.25, 0.3) is 21.6 Å². The van der Waals surface area contributed by atoms with E-state index in [0.717, 1.165) is 59.9 Å². The normalized spacial score (nSPS) is 17.3. The van der Waals surface area contributed by atoms with E-state index in [0.29, 0.717) is 12.6 Å². The highest BCUT2D eigenvalue weighted by Crippen LogP contribution is 2.35. The number of carbonyl (C=O) groups excluding carboxylic acids is 1. The van der Waals surface area contributed by atoms with Gasteiger partial charge in [-0.2, -0.15) is 5.10 Å². The molecule has 1 unspecified atom stereocenters. The van der Waals surface area contributed by atoms with E-state index in [1.807, 2.05) is 42.6 Å². The molecule has 1 saturated carbocycles. The van der Waals surface area contributed by atoms with Gasteiger partial charge in [-0.1, -0.05) is 35.4 Å². The summed E-state index contributed by atoms with van der Waals surface area (Å²) in [5.41, 5.74) is 16.1. The van der Waals surface area contributed by atoms with Crippen molar-refractivity contribution in [3.63, 3.8) is 0 Å². The minimum atomic E-state index is 0.120. The van der Waals surface area contributed by atoms with Gasteiger partial charge in [-0.3, -0.25) is 9.89 Å². The molecule has 32 heavy (non-hydrogen) atoms. The van der Waals surface area contributed by atoms with Crippen molar-refractivity contribution in [1.29, 1.82) is 0 Å². The first kappa shape index (κ1) is 20.3. The summed E-state index contributed by atoms with van der Waals surface area (Å²) in [5.74, 6) is 0.120. The van der Waals surface area contributed by atoms with Gasteiger partial charge in [0, 0.05) is 28.3 Å². The summed E-state index contributed by atoms with van der Waals surface area (Å²) in [6.07, 6.45) is 6.87. The van der Waals surface area contributed by atoms with Crippen LogP contribution >= 0.6 is 0 Å². The lowest BCUT2D eigenvalue weighted by Gasteiger charge is -2.34. The summed E-state index contributed by atoms with van der Waals surface area (Å²) in [5, 5.41) is 11.0. The first-order valence-corrected chi connectivity index (χ1v) is 11.2. The zero-order valence-corrected chi connectivity index (χ0v) is 18.2. The SMILES string of the molecule is Cc1cccc(CN=[N+]=[N-])c1-c1ccc(C(=O)N(C2CC2)C2CCc3[nH]ncc3C2)cc1. The van der Waals surface area contributed by atoms with Gasteiger partial charge >= 0.3 is 0 Å². The van der Waals surface area contributed by atoms with Gasteiger partial charge in [0.05, 0.1) is 12.7 Å². The lowest BCUT2D eigenvalue weighted by atomic mass is 9.91. The number of azide groups is 1. The van der Waals surface area contributed by atoms with E-state index in [-0.39, 0.29) is 11.9 Å². The molecule has 5 rings (SSSR count). The molecule has 1 fully saturated rings.